The van der Waals surface area contributed by atoms with Gasteiger partial charge in [-0.3, -0.25) is 14.2 Å². The molecule has 0 saturated carbocycles. The largest absolute Gasteiger partial charge is 0.324 e. The van der Waals surface area contributed by atoms with Crippen LogP contribution in [-0.4, -0.2) is 20.7 Å². The average molecular weight is 467 g/mol. The molecule has 4 rings (SSSR count). The molecule has 0 spiro atoms. The highest BCUT2D eigenvalue weighted by molar-refractivity contribution is 8.00. The second kappa shape index (κ2) is 9.88. The molecule has 166 valence electrons. The first kappa shape index (κ1) is 22.6. The van der Waals surface area contributed by atoms with E-state index in [0.29, 0.717) is 23.0 Å². The highest BCUT2D eigenvalue weighted by atomic mass is 32.2. The zero-order valence-electron chi connectivity index (χ0n) is 18.3. The summed E-state index contributed by atoms with van der Waals surface area (Å²) in [4.78, 5) is 33.3. The van der Waals surface area contributed by atoms with Crippen molar-refractivity contribution in [3.8, 4) is 6.07 Å². The second-order valence-electron chi connectivity index (χ2n) is 8.00. The molecule has 1 aromatic carbocycles. The van der Waals surface area contributed by atoms with Crippen molar-refractivity contribution in [1.82, 2.24) is 9.55 Å². The van der Waals surface area contributed by atoms with Crippen molar-refractivity contribution in [3.05, 3.63) is 50.6 Å². The van der Waals surface area contributed by atoms with E-state index in [1.54, 1.807) is 47.1 Å². The number of rotatable bonds is 8. The molecule has 0 radical (unpaired) electrons. The van der Waals surface area contributed by atoms with Crippen molar-refractivity contribution in [1.29, 1.82) is 5.26 Å². The standard InChI is InChI=1S/C24H26N4O2S2/c1-3-4-7-13-28-23(30)20-17-10-8-12-19(17)32-22(20)27-24(28)31-15(2)21(29)26-18-11-6-5-9-16(18)14-25/h5-6,9,11,15H,3-4,7-8,10,12-13H2,1-2H3,(H,26,29). The van der Waals surface area contributed by atoms with Crippen LogP contribution >= 0.6 is 23.1 Å². The number of nitrogens with zero attached hydrogens (tertiary/aromatic N) is 3. The van der Waals surface area contributed by atoms with Gasteiger partial charge in [-0.2, -0.15) is 5.26 Å². The number of hydrogen-bond donors (Lipinski definition) is 1. The van der Waals surface area contributed by atoms with Gasteiger partial charge in [0.25, 0.3) is 5.56 Å². The van der Waals surface area contributed by atoms with Crippen LogP contribution in [0, 0.1) is 11.3 Å². The molecule has 2 aromatic heterocycles. The van der Waals surface area contributed by atoms with Crippen molar-refractivity contribution in [2.24, 2.45) is 0 Å². The Labute approximate surface area is 195 Å². The number of aryl methyl sites for hydroxylation is 2. The number of aromatic nitrogens is 2. The maximum Gasteiger partial charge on any atom is 0.263 e. The third-order valence-electron chi connectivity index (χ3n) is 5.73. The third kappa shape index (κ3) is 4.45. The molecule has 1 aliphatic rings. The van der Waals surface area contributed by atoms with Gasteiger partial charge in [-0.1, -0.05) is 43.7 Å². The lowest BCUT2D eigenvalue weighted by Crippen LogP contribution is -2.27. The summed E-state index contributed by atoms with van der Waals surface area (Å²) in [6.45, 7) is 4.54. The Bertz CT molecular complexity index is 1260. The number of thiophene rings is 1. The minimum Gasteiger partial charge on any atom is -0.324 e. The number of fused-ring (bicyclic) bond motifs is 3. The summed E-state index contributed by atoms with van der Waals surface area (Å²) in [5.41, 5.74) is 2.12. The molecule has 1 aliphatic carbocycles. The molecular weight excluding hydrogens is 440 g/mol. The Kier molecular flexibility index (Phi) is 6.97. The van der Waals surface area contributed by atoms with Crippen LogP contribution in [0.15, 0.2) is 34.2 Å². The molecule has 0 bridgehead atoms. The number of nitriles is 1. The van der Waals surface area contributed by atoms with Crippen LogP contribution in [0.2, 0.25) is 0 Å². The van der Waals surface area contributed by atoms with Crippen LogP contribution in [0.3, 0.4) is 0 Å². The predicted molar refractivity (Wildman–Crippen MR) is 131 cm³/mol. The number of hydrogen-bond acceptors (Lipinski definition) is 6. The Hall–Kier alpha value is -2.63. The van der Waals surface area contributed by atoms with E-state index in [1.807, 2.05) is 0 Å². The molecule has 8 heteroatoms. The summed E-state index contributed by atoms with van der Waals surface area (Å²) in [5, 5.41) is 13.0. The van der Waals surface area contributed by atoms with Crippen LogP contribution in [0.1, 0.15) is 55.5 Å². The van der Waals surface area contributed by atoms with Crippen molar-refractivity contribution in [2.75, 3.05) is 5.32 Å². The molecule has 1 amide bonds. The van der Waals surface area contributed by atoms with Gasteiger partial charge >= 0.3 is 0 Å². The van der Waals surface area contributed by atoms with E-state index in [2.05, 4.69) is 18.3 Å². The first-order valence-electron chi connectivity index (χ1n) is 11.0. The number of unbranched alkanes of at least 4 members (excludes halogenated alkanes) is 2. The minimum atomic E-state index is -0.477. The molecule has 0 saturated heterocycles. The number of carbonyl (C=O) groups is 1. The molecule has 1 unspecified atom stereocenters. The molecule has 3 aromatic rings. The number of amides is 1. The highest BCUT2D eigenvalue weighted by Gasteiger charge is 2.25. The monoisotopic (exact) mass is 466 g/mol. The van der Waals surface area contributed by atoms with Gasteiger partial charge in [0, 0.05) is 11.4 Å². The Morgan fingerprint density at radius 3 is 2.94 bits per heavy atom. The Morgan fingerprint density at radius 1 is 1.34 bits per heavy atom. The van der Waals surface area contributed by atoms with Crippen molar-refractivity contribution >= 4 is 44.9 Å². The average Bonchev–Trinajstić information content (AvgIpc) is 3.37. The summed E-state index contributed by atoms with van der Waals surface area (Å²) in [6.07, 6.45) is 6.08. The topological polar surface area (TPSA) is 87.8 Å². The van der Waals surface area contributed by atoms with Crippen molar-refractivity contribution in [2.45, 2.75) is 69.3 Å². The van der Waals surface area contributed by atoms with Crippen LogP contribution in [0.4, 0.5) is 5.69 Å². The number of carbonyl (C=O) groups excluding carboxylic acids is 1. The molecular formula is C24H26N4O2S2. The van der Waals surface area contributed by atoms with Crippen LogP contribution in [-0.2, 0) is 24.2 Å². The maximum atomic E-state index is 13.5. The van der Waals surface area contributed by atoms with Gasteiger partial charge in [-0.05, 0) is 50.3 Å². The summed E-state index contributed by atoms with van der Waals surface area (Å²) in [7, 11) is 0. The number of nitrogens with one attached hydrogen (secondary N) is 1. The SMILES string of the molecule is CCCCCn1c(SC(C)C(=O)Nc2ccccc2C#N)nc2sc3c(c2c1=O)CCC3. The van der Waals surface area contributed by atoms with E-state index in [1.165, 1.54) is 22.2 Å². The third-order valence-corrected chi connectivity index (χ3v) is 8.01. The van der Waals surface area contributed by atoms with E-state index in [9.17, 15) is 14.9 Å². The minimum absolute atomic E-state index is 0.0236. The normalized spacial score (nSPS) is 13.7. The van der Waals surface area contributed by atoms with Gasteiger partial charge in [0.2, 0.25) is 5.91 Å². The molecule has 1 N–H and O–H groups in total. The van der Waals surface area contributed by atoms with Crippen LogP contribution < -0.4 is 10.9 Å². The summed E-state index contributed by atoms with van der Waals surface area (Å²) in [5.74, 6) is -0.221. The van der Waals surface area contributed by atoms with Crippen LogP contribution in [0.5, 0.6) is 0 Å². The molecule has 0 aliphatic heterocycles. The van der Waals surface area contributed by atoms with E-state index in [0.717, 1.165) is 48.7 Å². The van der Waals surface area contributed by atoms with Gasteiger partial charge in [0.05, 0.1) is 21.9 Å². The van der Waals surface area contributed by atoms with Gasteiger partial charge in [-0.25, -0.2) is 4.98 Å². The van der Waals surface area contributed by atoms with E-state index < -0.39 is 5.25 Å². The van der Waals surface area contributed by atoms with Gasteiger partial charge in [0.15, 0.2) is 5.16 Å². The Morgan fingerprint density at radius 2 is 2.16 bits per heavy atom. The first-order valence-corrected chi connectivity index (χ1v) is 12.7. The maximum absolute atomic E-state index is 13.5. The molecule has 6 nitrogen and oxygen atoms in total. The number of anilines is 1. The molecule has 1 atom stereocenters. The fraction of sp³-hybridized carbons (Fsp3) is 0.417. The quantitative estimate of drug-likeness (QED) is 0.283. The number of para-hydroxylation sites is 1. The second-order valence-corrected chi connectivity index (χ2v) is 10.4. The fourth-order valence-electron chi connectivity index (χ4n) is 4.00. The number of benzene rings is 1. The molecule has 32 heavy (non-hydrogen) atoms. The molecule has 2 heterocycles. The fourth-order valence-corrected chi connectivity index (χ4v) is 6.24. The predicted octanol–water partition coefficient (Wildman–Crippen LogP) is 5.13. The van der Waals surface area contributed by atoms with Crippen molar-refractivity contribution < 1.29 is 4.79 Å². The number of thioether (sulfide) groups is 1. The lowest BCUT2D eigenvalue weighted by molar-refractivity contribution is -0.115. The summed E-state index contributed by atoms with van der Waals surface area (Å²) in [6, 6.07) is 9.03. The van der Waals surface area contributed by atoms with Gasteiger partial charge in [-0.15, -0.1) is 11.3 Å². The lowest BCUT2D eigenvalue weighted by atomic mass is 10.2. The zero-order valence-corrected chi connectivity index (χ0v) is 19.9. The summed E-state index contributed by atoms with van der Waals surface area (Å²) >= 11 is 2.92. The van der Waals surface area contributed by atoms with E-state index in [4.69, 9.17) is 4.98 Å². The van der Waals surface area contributed by atoms with Crippen LogP contribution in [0.25, 0.3) is 10.2 Å². The lowest BCUT2D eigenvalue weighted by Gasteiger charge is -2.16. The first-order chi connectivity index (χ1) is 15.5. The van der Waals surface area contributed by atoms with Gasteiger partial charge < -0.3 is 5.32 Å². The highest BCUT2D eigenvalue weighted by Crippen LogP contribution is 2.36. The van der Waals surface area contributed by atoms with Gasteiger partial charge in [0.1, 0.15) is 10.9 Å². The van der Waals surface area contributed by atoms with E-state index in [-0.39, 0.29) is 11.5 Å². The van der Waals surface area contributed by atoms with E-state index >= 15 is 0 Å². The smallest absolute Gasteiger partial charge is 0.263 e. The zero-order chi connectivity index (χ0) is 22.7. The summed E-state index contributed by atoms with van der Waals surface area (Å²) < 4.78 is 1.76. The van der Waals surface area contributed by atoms with Crippen molar-refractivity contribution in [3.63, 3.8) is 0 Å². The molecule has 0 fully saturated rings. The Balaban J connectivity index is 1.63.